The summed E-state index contributed by atoms with van der Waals surface area (Å²) in [5.41, 5.74) is -1.70. The van der Waals surface area contributed by atoms with Gasteiger partial charge in [0.05, 0.1) is 6.26 Å². The lowest BCUT2D eigenvalue weighted by Crippen LogP contribution is -2.40. The summed E-state index contributed by atoms with van der Waals surface area (Å²) in [6, 6.07) is 8.48. The van der Waals surface area contributed by atoms with Gasteiger partial charge in [-0.2, -0.15) is 0 Å². The average molecular weight is 288 g/mol. The van der Waals surface area contributed by atoms with Crippen molar-refractivity contribution in [3.63, 3.8) is 0 Å². The second-order valence-corrected chi connectivity index (χ2v) is 4.62. The highest BCUT2D eigenvalue weighted by Crippen LogP contribution is 2.25. The summed E-state index contributed by atoms with van der Waals surface area (Å²) in [4.78, 5) is 34.4. The Bertz CT molecular complexity index is 667. The lowest BCUT2D eigenvalue weighted by atomic mass is 9.82. The third-order valence-corrected chi connectivity index (χ3v) is 3.32. The average Bonchev–Trinajstić information content (AvgIpc) is 2.99. The molecule has 1 aromatic heterocycles. The molecule has 6 heteroatoms. The standard InChI is InChI=1S/C15H12O6/c1-15(13(17)18,14(19)20)10-6-4-9(5-7-10)12(16)11-3-2-8-21-11/h2-8H,1H3,(H,17,18)(H,19,20). The van der Waals surface area contributed by atoms with Gasteiger partial charge < -0.3 is 14.6 Å². The molecular formula is C15H12O6. The number of furan rings is 1. The van der Waals surface area contributed by atoms with Gasteiger partial charge >= 0.3 is 11.9 Å². The molecule has 0 saturated carbocycles. The van der Waals surface area contributed by atoms with Crippen molar-refractivity contribution in [3.8, 4) is 0 Å². The molecule has 0 aliphatic carbocycles. The molecule has 0 atom stereocenters. The van der Waals surface area contributed by atoms with Crippen LogP contribution in [-0.4, -0.2) is 27.9 Å². The van der Waals surface area contributed by atoms with Crippen molar-refractivity contribution >= 4 is 17.7 Å². The number of carboxylic acid groups (broad SMARTS) is 2. The van der Waals surface area contributed by atoms with E-state index in [1.165, 1.54) is 36.6 Å². The lowest BCUT2D eigenvalue weighted by molar-refractivity contribution is -0.156. The van der Waals surface area contributed by atoms with Crippen LogP contribution in [-0.2, 0) is 15.0 Å². The maximum atomic E-state index is 12.0. The predicted molar refractivity (Wildman–Crippen MR) is 71.2 cm³/mol. The zero-order valence-corrected chi connectivity index (χ0v) is 11.1. The van der Waals surface area contributed by atoms with E-state index in [0.29, 0.717) is 0 Å². The Kier molecular flexibility index (Phi) is 3.62. The van der Waals surface area contributed by atoms with Gasteiger partial charge in [0.2, 0.25) is 5.78 Å². The van der Waals surface area contributed by atoms with Crippen LogP contribution in [0.4, 0.5) is 0 Å². The van der Waals surface area contributed by atoms with Crippen LogP contribution in [0.5, 0.6) is 0 Å². The van der Waals surface area contributed by atoms with Crippen LogP contribution in [0, 0.1) is 0 Å². The zero-order chi connectivity index (χ0) is 15.6. The molecule has 2 rings (SSSR count). The monoisotopic (exact) mass is 288 g/mol. The summed E-state index contributed by atoms with van der Waals surface area (Å²) >= 11 is 0. The maximum Gasteiger partial charge on any atom is 0.325 e. The van der Waals surface area contributed by atoms with E-state index in [2.05, 4.69) is 0 Å². The van der Waals surface area contributed by atoms with Crippen LogP contribution in [0.15, 0.2) is 47.1 Å². The number of hydrogen-bond acceptors (Lipinski definition) is 4. The van der Waals surface area contributed by atoms with Crippen LogP contribution < -0.4 is 0 Å². The Morgan fingerprint density at radius 2 is 1.57 bits per heavy atom. The van der Waals surface area contributed by atoms with Gasteiger partial charge in [0, 0.05) is 5.56 Å². The topological polar surface area (TPSA) is 105 Å². The summed E-state index contributed by atoms with van der Waals surface area (Å²) in [6.45, 7) is 1.10. The van der Waals surface area contributed by atoms with Crippen LogP contribution in [0.1, 0.15) is 28.6 Å². The molecule has 6 nitrogen and oxygen atoms in total. The third-order valence-electron chi connectivity index (χ3n) is 3.32. The maximum absolute atomic E-state index is 12.0. The van der Waals surface area contributed by atoms with E-state index in [-0.39, 0.29) is 22.7 Å². The van der Waals surface area contributed by atoms with Gasteiger partial charge in [0.1, 0.15) is 0 Å². The van der Waals surface area contributed by atoms with Gasteiger partial charge in [-0.3, -0.25) is 14.4 Å². The Morgan fingerprint density at radius 1 is 1.00 bits per heavy atom. The summed E-state index contributed by atoms with van der Waals surface area (Å²) in [7, 11) is 0. The number of carbonyl (C=O) groups excluding carboxylic acids is 1. The van der Waals surface area contributed by atoms with E-state index < -0.39 is 17.4 Å². The fourth-order valence-corrected chi connectivity index (χ4v) is 1.84. The quantitative estimate of drug-likeness (QED) is 0.643. The summed E-state index contributed by atoms with van der Waals surface area (Å²) < 4.78 is 4.99. The molecule has 0 aliphatic heterocycles. The van der Waals surface area contributed by atoms with Gasteiger partial charge in [-0.1, -0.05) is 24.3 Å². The van der Waals surface area contributed by atoms with Crippen LogP contribution >= 0.6 is 0 Å². The van der Waals surface area contributed by atoms with Crippen molar-refractivity contribution in [1.29, 1.82) is 0 Å². The minimum absolute atomic E-state index is 0.0819. The van der Waals surface area contributed by atoms with Gasteiger partial charge in [0.15, 0.2) is 11.2 Å². The van der Waals surface area contributed by atoms with Crippen LogP contribution in [0.25, 0.3) is 0 Å². The molecule has 0 saturated heterocycles. The highest BCUT2D eigenvalue weighted by Gasteiger charge is 2.43. The van der Waals surface area contributed by atoms with Gasteiger partial charge in [-0.15, -0.1) is 0 Å². The van der Waals surface area contributed by atoms with E-state index in [1.54, 1.807) is 6.07 Å². The van der Waals surface area contributed by atoms with E-state index in [0.717, 1.165) is 6.92 Å². The summed E-state index contributed by atoms with van der Waals surface area (Å²) in [5.74, 6) is -3.15. The van der Waals surface area contributed by atoms with Crippen LogP contribution in [0.2, 0.25) is 0 Å². The first-order valence-electron chi connectivity index (χ1n) is 6.03. The molecule has 1 aromatic carbocycles. The molecule has 2 N–H and O–H groups in total. The minimum atomic E-state index is -2.06. The van der Waals surface area contributed by atoms with E-state index in [1.807, 2.05) is 0 Å². The fourth-order valence-electron chi connectivity index (χ4n) is 1.84. The molecule has 2 aromatic rings. The number of carboxylic acids is 2. The molecule has 0 amide bonds. The number of benzene rings is 1. The normalized spacial score (nSPS) is 11.1. The first-order valence-corrected chi connectivity index (χ1v) is 6.03. The summed E-state index contributed by atoms with van der Waals surface area (Å²) in [5, 5.41) is 18.2. The Balaban J connectivity index is 2.37. The first-order chi connectivity index (χ1) is 9.87. The molecule has 0 bridgehead atoms. The van der Waals surface area contributed by atoms with Crippen molar-refractivity contribution in [3.05, 3.63) is 59.5 Å². The number of carbonyl (C=O) groups is 3. The molecule has 0 fully saturated rings. The summed E-state index contributed by atoms with van der Waals surface area (Å²) in [6.07, 6.45) is 1.37. The van der Waals surface area contributed by atoms with Crippen molar-refractivity contribution in [2.45, 2.75) is 12.3 Å². The smallest absolute Gasteiger partial charge is 0.325 e. The zero-order valence-electron chi connectivity index (χ0n) is 11.1. The number of hydrogen-bond donors (Lipinski definition) is 2. The van der Waals surface area contributed by atoms with Crippen molar-refractivity contribution in [2.75, 3.05) is 0 Å². The second kappa shape index (κ2) is 5.24. The van der Waals surface area contributed by atoms with Crippen molar-refractivity contribution in [1.82, 2.24) is 0 Å². The van der Waals surface area contributed by atoms with Gasteiger partial charge in [-0.25, -0.2) is 0 Å². The Labute approximate surface area is 119 Å². The molecule has 0 spiro atoms. The predicted octanol–water partition coefficient (Wildman–Crippen LogP) is 1.94. The molecular weight excluding hydrogens is 276 g/mol. The van der Waals surface area contributed by atoms with Crippen LogP contribution in [0.3, 0.4) is 0 Å². The van der Waals surface area contributed by atoms with Crippen molar-refractivity contribution in [2.24, 2.45) is 0 Å². The van der Waals surface area contributed by atoms with E-state index in [9.17, 15) is 14.4 Å². The van der Waals surface area contributed by atoms with Crippen molar-refractivity contribution < 1.29 is 29.0 Å². The van der Waals surface area contributed by atoms with Gasteiger partial charge in [0.25, 0.3) is 0 Å². The Hall–Kier alpha value is -2.89. The minimum Gasteiger partial charge on any atom is -0.480 e. The number of aliphatic carboxylic acids is 2. The SMILES string of the molecule is CC(C(=O)O)(C(=O)O)c1ccc(C(=O)c2ccco2)cc1. The Morgan fingerprint density at radius 3 is 2.00 bits per heavy atom. The number of ketones is 1. The van der Waals surface area contributed by atoms with Gasteiger partial charge in [-0.05, 0) is 24.6 Å². The molecule has 1 heterocycles. The second-order valence-electron chi connectivity index (χ2n) is 4.62. The highest BCUT2D eigenvalue weighted by atomic mass is 16.4. The fraction of sp³-hybridized carbons (Fsp3) is 0.133. The highest BCUT2D eigenvalue weighted by molar-refractivity contribution is 6.08. The molecule has 108 valence electrons. The first kappa shape index (κ1) is 14.5. The third kappa shape index (κ3) is 2.43. The van der Waals surface area contributed by atoms with E-state index >= 15 is 0 Å². The molecule has 0 radical (unpaired) electrons. The largest absolute Gasteiger partial charge is 0.480 e. The molecule has 21 heavy (non-hydrogen) atoms. The van der Waals surface area contributed by atoms with E-state index in [4.69, 9.17) is 14.6 Å². The number of rotatable bonds is 5. The molecule has 0 aliphatic rings. The lowest BCUT2D eigenvalue weighted by Gasteiger charge is -2.20. The molecule has 0 unspecified atom stereocenters.